The number of carbonyl (C=O) groups is 1. The Bertz CT molecular complexity index is 724. The van der Waals surface area contributed by atoms with E-state index in [1.807, 2.05) is 12.1 Å². The summed E-state index contributed by atoms with van der Waals surface area (Å²) in [7, 11) is 0. The summed E-state index contributed by atoms with van der Waals surface area (Å²) >= 11 is 0. The lowest BCUT2D eigenvalue weighted by atomic mass is 9.88. The molecule has 3 nitrogen and oxygen atoms in total. The van der Waals surface area contributed by atoms with Crippen LogP contribution in [0, 0.1) is 0 Å². The van der Waals surface area contributed by atoms with Crippen molar-refractivity contribution in [1.82, 2.24) is 10.2 Å². The summed E-state index contributed by atoms with van der Waals surface area (Å²) in [5.74, 6) is -0.479. The lowest BCUT2D eigenvalue weighted by Gasteiger charge is -2.30. The molecular weight excluding hydrogens is 317 g/mol. The molecule has 4 rings (SSSR count). The Morgan fingerprint density at radius 1 is 1.21 bits per heavy atom. The highest BCUT2D eigenvalue weighted by atomic mass is 19.4. The number of fused-ring (bicyclic) bond motifs is 3. The van der Waals surface area contributed by atoms with Gasteiger partial charge in [0.1, 0.15) is 0 Å². The van der Waals surface area contributed by atoms with Gasteiger partial charge in [-0.1, -0.05) is 6.08 Å². The molecule has 0 unspecified atom stereocenters. The summed E-state index contributed by atoms with van der Waals surface area (Å²) in [6.07, 6.45) is 1.31. The van der Waals surface area contributed by atoms with Gasteiger partial charge in [-0.15, -0.1) is 0 Å². The first-order chi connectivity index (χ1) is 11.5. The summed E-state index contributed by atoms with van der Waals surface area (Å²) < 4.78 is 40.9. The summed E-state index contributed by atoms with van der Waals surface area (Å²) in [6, 6.07) is 2.71. The molecule has 0 saturated carbocycles. The maximum atomic E-state index is 13.6. The van der Waals surface area contributed by atoms with E-state index in [4.69, 9.17) is 0 Å². The summed E-state index contributed by atoms with van der Waals surface area (Å²) in [4.78, 5) is 14.1. The fourth-order valence-corrected chi connectivity index (χ4v) is 4.04. The van der Waals surface area contributed by atoms with Gasteiger partial charge in [0, 0.05) is 19.6 Å². The molecule has 1 N–H and O–H groups in total. The number of nitrogens with one attached hydrogen (secondary N) is 1. The molecule has 2 aliphatic heterocycles. The Kier molecular flexibility index (Phi) is 3.67. The smallest absolute Gasteiger partial charge is 0.329 e. The van der Waals surface area contributed by atoms with Crippen LogP contribution < -0.4 is 5.32 Å². The average Bonchev–Trinajstić information content (AvgIpc) is 2.87. The van der Waals surface area contributed by atoms with Crippen LogP contribution in [0.15, 0.2) is 18.2 Å². The number of rotatable bonds is 1. The SMILES string of the molecule is O=C1c2c(cc(C3=CCCCC3)cc2C(F)(F)F)[C@@H]2CNCCN12. The molecule has 1 aromatic carbocycles. The van der Waals surface area contributed by atoms with Crippen molar-refractivity contribution < 1.29 is 18.0 Å². The molecule has 1 fully saturated rings. The third-order valence-corrected chi connectivity index (χ3v) is 5.21. The van der Waals surface area contributed by atoms with Crippen molar-refractivity contribution in [2.75, 3.05) is 19.6 Å². The number of benzene rings is 1. The minimum Gasteiger partial charge on any atom is -0.329 e. The van der Waals surface area contributed by atoms with E-state index in [0.29, 0.717) is 30.8 Å². The third-order valence-electron chi connectivity index (χ3n) is 5.21. The van der Waals surface area contributed by atoms with Crippen LogP contribution in [0.1, 0.15) is 58.8 Å². The number of alkyl halides is 3. The van der Waals surface area contributed by atoms with Gasteiger partial charge in [0.2, 0.25) is 0 Å². The van der Waals surface area contributed by atoms with Gasteiger partial charge in [-0.3, -0.25) is 4.79 Å². The van der Waals surface area contributed by atoms with Crippen molar-refractivity contribution in [3.8, 4) is 0 Å². The zero-order valence-electron chi connectivity index (χ0n) is 13.2. The molecule has 1 saturated heterocycles. The molecule has 3 aliphatic rings. The number of allylic oxidation sites excluding steroid dienone is 2. The summed E-state index contributed by atoms with van der Waals surface area (Å²) in [5.41, 5.74) is 1.21. The topological polar surface area (TPSA) is 32.3 Å². The largest absolute Gasteiger partial charge is 0.417 e. The highest BCUT2D eigenvalue weighted by Crippen LogP contribution is 2.44. The number of nitrogens with zero attached hydrogens (tertiary/aromatic N) is 1. The highest BCUT2D eigenvalue weighted by molar-refractivity contribution is 6.01. The first-order valence-electron chi connectivity index (χ1n) is 8.43. The van der Waals surface area contributed by atoms with Crippen LogP contribution in [-0.2, 0) is 6.18 Å². The molecular formula is C18H19F3N2O. The number of piperazine rings is 1. The minimum absolute atomic E-state index is 0.142. The Morgan fingerprint density at radius 3 is 2.75 bits per heavy atom. The van der Waals surface area contributed by atoms with E-state index < -0.39 is 17.6 Å². The second kappa shape index (κ2) is 5.62. The van der Waals surface area contributed by atoms with Crippen molar-refractivity contribution in [2.45, 2.75) is 37.9 Å². The van der Waals surface area contributed by atoms with Crippen molar-refractivity contribution in [3.63, 3.8) is 0 Å². The molecule has 0 bridgehead atoms. The molecule has 1 atom stereocenters. The van der Waals surface area contributed by atoms with E-state index in [1.54, 1.807) is 4.90 Å². The van der Waals surface area contributed by atoms with E-state index in [0.717, 1.165) is 31.3 Å². The van der Waals surface area contributed by atoms with Crippen LogP contribution in [0.2, 0.25) is 0 Å². The van der Waals surface area contributed by atoms with Gasteiger partial charge < -0.3 is 10.2 Å². The predicted octanol–water partition coefficient (Wildman–Crippen LogP) is 3.76. The molecule has 128 valence electrons. The van der Waals surface area contributed by atoms with Gasteiger partial charge in [0.15, 0.2) is 0 Å². The predicted molar refractivity (Wildman–Crippen MR) is 84.5 cm³/mol. The first-order valence-corrected chi connectivity index (χ1v) is 8.43. The number of amides is 1. The maximum absolute atomic E-state index is 13.6. The lowest BCUT2D eigenvalue weighted by molar-refractivity contribution is -0.138. The van der Waals surface area contributed by atoms with Gasteiger partial charge in [0.05, 0.1) is 17.2 Å². The second-order valence-corrected chi connectivity index (χ2v) is 6.68. The molecule has 6 heteroatoms. The highest BCUT2D eigenvalue weighted by Gasteiger charge is 2.45. The minimum atomic E-state index is -4.52. The van der Waals surface area contributed by atoms with Crippen LogP contribution in [0.5, 0.6) is 0 Å². The fraction of sp³-hybridized carbons (Fsp3) is 0.500. The molecule has 0 spiro atoms. The third kappa shape index (κ3) is 2.44. The van der Waals surface area contributed by atoms with E-state index >= 15 is 0 Å². The number of halogens is 3. The van der Waals surface area contributed by atoms with Crippen molar-refractivity contribution in [1.29, 1.82) is 0 Å². The van der Waals surface area contributed by atoms with Gasteiger partial charge in [-0.25, -0.2) is 0 Å². The van der Waals surface area contributed by atoms with Crippen LogP contribution in [0.25, 0.3) is 5.57 Å². The number of hydrogen-bond donors (Lipinski definition) is 1. The van der Waals surface area contributed by atoms with Crippen molar-refractivity contribution in [2.24, 2.45) is 0 Å². The molecule has 0 radical (unpaired) electrons. The van der Waals surface area contributed by atoms with Gasteiger partial charge >= 0.3 is 6.18 Å². The molecule has 2 heterocycles. The lowest BCUT2D eigenvalue weighted by Crippen LogP contribution is -2.44. The Labute approximate surface area is 138 Å². The Hall–Kier alpha value is -1.82. The van der Waals surface area contributed by atoms with Crippen LogP contribution in [0.4, 0.5) is 13.2 Å². The van der Waals surface area contributed by atoms with Crippen LogP contribution >= 0.6 is 0 Å². The van der Waals surface area contributed by atoms with E-state index in [-0.39, 0.29) is 11.6 Å². The number of carbonyl (C=O) groups excluding carboxylic acids is 1. The first kappa shape index (κ1) is 15.7. The molecule has 1 aromatic rings. The number of hydrogen-bond acceptors (Lipinski definition) is 2. The maximum Gasteiger partial charge on any atom is 0.417 e. The molecule has 0 aromatic heterocycles. The standard InChI is InChI=1S/C18H19F3N2O/c19-18(20,21)14-9-12(11-4-2-1-3-5-11)8-13-15-10-22-6-7-23(15)17(24)16(13)14/h4,8-9,15,22H,1-3,5-7,10H2/t15-/m0/s1. The Morgan fingerprint density at radius 2 is 2.04 bits per heavy atom. The van der Waals surface area contributed by atoms with E-state index in [1.165, 1.54) is 6.07 Å². The molecule has 24 heavy (non-hydrogen) atoms. The zero-order chi connectivity index (χ0) is 16.9. The van der Waals surface area contributed by atoms with Crippen LogP contribution in [0.3, 0.4) is 0 Å². The monoisotopic (exact) mass is 336 g/mol. The quantitative estimate of drug-likeness (QED) is 0.847. The van der Waals surface area contributed by atoms with Crippen molar-refractivity contribution >= 4 is 11.5 Å². The van der Waals surface area contributed by atoms with E-state index in [9.17, 15) is 18.0 Å². The Balaban J connectivity index is 1.89. The average molecular weight is 336 g/mol. The second-order valence-electron chi connectivity index (χ2n) is 6.68. The van der Waals surface area contributed by atoms with E-state index in [2.05, 4.69) is 5.32 Å². The van der Waals surface area contributed by atoms with Crippen molar-refractivity contribution in [3.05, 3.63) is 40.5 Å². The van der Waals surface area contributed by atoms with Gasteiger partial charge in [-0.05, 0) is 54.5 Å². The van der Waals surface area contributed by atoms with Gasteiger partial charge in [0.25, 0.3) is 5.91 Å². The molecule has 1 aliphatic carbocycles. The summed E-state index contributed by atoms with van der Waals surface area (Å²) in [5, 5.41) is 3.19. The zero-order valence-corrected chi connectivity index (χ0v) is 13.2. The molecule has 1 amide bonds. The summed E-state index contributed by atoms with van der Waals surface area (Å²) in [6.45, 7) is 1.58. The van der Waals surface area contributed by atoms with Crippen LogP contribution in [-0.4, -0.2) is 30.4 Å². The fourth-order valence-electron chi connectivity index (χ4n) is 4.04. The normalized spacial score (nSPS) is 23.8. The van der Waals surface area contributed by atoms with Gasteiger partial charge in [-0.2, -0.15) is 13.2 Å².